The van der Waals surface area contributed by atoms with Crippen LogP contribution in [0.1, 0.15) is 51.9 Å². The van der Waals surface area contributed by atoms with Crippen LogP contribution in [0.25, 0.3) is 0 Å². The minimum Gasteiger partial charge on any atom is -0.691 e. The molecule has 0 aromatic carbocycles. The van der Waals surface area contributed by atoms with Crippen molar-refractivity contribution in [3.63, 3.8) is 0 Å². The van der Waals surface area contributed by atoms with Crippen molar-refractivity contribution in [1.82, 2.24) is 0 Å². The molecule has 0 aromatic heterocycles. The molecule has 25 heavy (non-hydrogen) atoms. The molecule has 0 spiro atoms. The second-order valence-corrected chi connectivity index (χ2v) is 7.98. The summed E-state index contributed by atoms with van der Waals surface area (Å²) in [5, 5.41) is 10.7. The average Bonchev–Trinajstić information content (AvgIpc) is 3.22. The molecule has 3 rings (SSSR count). The summed E-state index contributed by atoms with van der Waals surface area (Å²) in [7, 11) is 0. The van der Waals surface area contributed by atoms with Crippen LogP contribution in [0.15, 0.2) is 0 Å². The van der Waals surface area contributed by atoms with E-state index >= 15 is 4.39 Å². The first kappa shape index (κ1) is 18.9. The minimum atomic E-state index is -2.53. The Bertz CT molecular complexity index is 519. The summed E-state index contributed by atoms with van der Waals surface area (Å²) >= 11 is 0.0295. The first-order chi connectivity index (χ1) is 12.0. The van der Waals surface area contributed by atoms with Crippen molar-refractivity contribution in [1.29, 1.82) is 0 Å². The highest BCUT2D eigenvalue weighted by Crippen LogP contribution is 2.55. The van der Waals surface area contributed by atoms with Crippen LogP contribution in [0, 0.1) is 17.8 Å². The molecule has 6 atom stereocenters. The lowest BCUT2D eigenvalue weighted by atomic mass is 9.88. The Balaban J connectivity index is 1.61. The summed E-state index contributed by atoms with van der Waals surface area (Å²) in [4.78, 5) is 24.2. The number of rotatable bonds is 10. The summed E-state index contributed by atoms with van der Waals surface area (Å²) in [6, 6.07) is 0. The Labute approximate surface area is 149 Å². The van der Waals surface area contributed by atoms with Gasteiger partial charge in [0.2, 0.25) is 0 Å². The molecule has 0 amide bonds. The molecule has 0 radical (unpaired) electrons. The lowest BCUT2D eigenvalue weighted by Gasteiger charge is -2.29. The van der Waals surface area contributed by atoms with Gasteiger partial charge in [-0.1, -0.05) is 26.2 Å². The van der Waals surface area contributed by atoms with E-state index in [-0.39, 0.29) is 42.2 Å². The molecule has 0 aromatic rings. The molecule has 1 aliphatic heterocycles. The molecular weight excluding hydrogens is 355 g/mol. The van der Waals surface area contributed by atoms with Crippen LogP contribution in [-0.4, -0.2) is 29.1 Å². The summed E-state index contributed by atoms with van der Waals surface area (Å²) in [6.07, 6.45) is 3.20. The van der Waals surface area contributed by atoms with E-state index in [1.807, 2.05) is 6.92 Å². The second-order valence-electron chi connectivity index (χ2n) is 7.03. The number of carbonyl (C=O) groups excluding carboxylic acids is 2. The summed E-state index contributed by atoms with van der Waals surface area (Å²) in [5.41, 5.74) is 0. The predicted molar refractivity (Wildman–Crippen MR) is 81.8 cm³/mol. The molecule has 0 N–H and O–H groups in total. The molecule has 6 unspecified atom stereocenters. The summed E-state index contributed by atoms with van der Waals surface area (Å²) in [5.74, 6) is -1.40. The maximum absolute atomic E-state index is 15.1. The normalized spacial score (nSPS) is 34.8. The van der Waals surface area contributed by atoms with Crippen LogP contribution in [0.3, 0.4) is 0 Å². The van der Waals surface area contributed by atoms with Crippen LogP contribution >= 0.6 is 12.0 Å². The monoisotopic (exact) mass is 377 g/mol. The number of esters is 2. The fourth-order valence-corrected chi connectivity index (χ4v) is 4.78. The molecule has 9 heteroatoms. The third-order valence-electron chi connectivity index (χ3n) is 5.51. The average molecular weight is 377 g/mol. The van der Waals surface area contributed by atoms with Crippen LogP contribution in [-0.2, 0) is 28.4 Å². The van der Waals surface area contributed by atoms with Gasteiger partial charge in [0.25, 0.3) is 5.00 Å². The topological polar surface area (TPSA) is 94.1 Å². The molecular formula is C16H22FO7S-. The molecule has 1 saturated heterocycles. The molecule has 142 valence electrons. The fourth-order valence-electron chi connectivity index (χ4n) is 4.30. The maximum atomic E-state index is 15.1. The van der Waals surface area contributed by atoms with E-state index < -0.39 is 23.2 Å². The van der Waals surface area contributed by atoms with Crippen LogP contribution in [0.5, 0.6) is 0 Å². The SMILES string of the molecule is CCCCCCC(F)(SOO[O-])C(=O)OC1C2CC3C(=O)OC1C3C2. The van der Waals surface area contributed by atoms with E-state index in [4.69, 9.17) is 9.47 Å². The van der Waals surface area contributed by atoms with Crippen molar-refractivity contribution in [2.75, 3.05) is 0 Å². The second kappa shape index (κ2) is 7.77. The zero-order valence-electron chi connectivity index (χ0n) is 14.0. The van der Waals surface area contributed by atoms with Crippen molar-refractivity contribution in [2.45, 2.75) is 69.1 Å². The van der Waals surface area contributed by atoms with Crippen molar-refractivity contribution < 1.29 is 38.1 Å². The zero-order valence-corrected chi connectivity index (χ0v) is 14.8. The molecule has 7 nitrogen and oxygen atoms in total. The van der Waals surface area contributed by atoms with Gasteiger partial charge in [0.1, 0.15) is 12.2 Å². The van der Waals surface area contributed by atoms with Crippen molar-refractivity contribution in [3.8, 4) is 0 Å². The quantitative estimate of drug-likeness (QED) is 0.188. The van der Waals surface area contributed by atoms with Gasteiger partial charge in [0.15, 0.2) is 0 Å². The summed E-state index contributed by atoms with van der Waals surface area (Å²) in [6.45, 7) is 2.02. The van der Waals surface area contributed by atoms with E-state index in [9.17, 15) is 14.8 Å². The Kier molecular flexibility index (Phi) is 5.87. The van der Waals surface area contributed by atoms with Crippen molar-refractivity contribution >= 4 is 24.0 Å². The minimum absolute atomic E-state index is 0.0152. The van der Waals surface area contributed by atoms with E-state index in [2.05, 4.69) is 9.37 Å². The zero-order chi connectivity index (χ0) is 18.0. The van der Waals surface area contributed by atoms with E-state index in [1.54, 1.807) is 0 Å². The van der Waals surface area contributed by atoms with Gasteiger partial charge in [0, 0.05) is 18.3 Å². The van der Waals surface area contributed by atoms with Gasteiger partial charge >= 0.3 is 11.9 Å². The predicted octanol–water partition coefficient (Wildman–Crippen LogP) is 1.99. The Morgan fingerprint density at radius 2 is 2.20 bits per heavy atom. The molecule has 3 aliphatic rings. The molecule has 2 aliphatic carbocycles. The Hall–Kier alpha value is -0.900. The number of ether oxygens (including phenoxy) is 2. The van der Waals surface area contributed by atoms with E-state index in [1.165, 1.54) is 0 Å². The van der Waals surface area contributed by atoms with Crippen LogP contribution in [0.2, 0.25) is 0 Å². The highest BCUT2D eigenvalue weighted by molar-refractivity contribution is 7.96. The highest BCUT2D eigenvalue weighted by atomic mass is 32.2. The van der Waals surface area contributed by atoms with Gasteiger partial charge < -0.3 is 14.7 Å². The van der Waals surface area contributed by atoms with Crippen LogP contribution < -0.4 is 5.26 Å². The lowest BCUT2D eigenvalue weighted by Crippen LogP contribution is -2.42. The van der Waals surface area contributed by atoms with Gasteiger partial charge in [-0.3, -0.25) is 9.83 Å². The molecule has 2 bridgehead atoms. The number of carbonyl (C=O) groups is 2. The van der Waals surface area contributed by atoms with E-state index in [0.717, 1.165) is 25.7 Å². The maximum Gasteiger partial charge on any atom is 0.357 e. The van der Waals surface area contributed by atoms with Crippen LogP contribution in [0.4, 0.5) is 4.39 Å². The van der Waals surface area contributed by atoms with Gasteiger partial charge in [0.05, 0.1) is 18.0 Å². The van der Waals surface area contributed by atoms with Gasteiger partial charge in [-0.05, 0) is 19.3 Å². The smallest absolute Gasteiger partial charge is 0.357 e. The largest absolute Gasteiger partial charge is 0.691 e. The van der Waals surface area contributed by atoms with Gasteiger partial charge in [-0.15, -0.1) is 0 Å². The Morgan fingerprint density at radius 1 is 1.40 bits per heavy atom. The standard InChI is InChI=1S/C16H23FO7S/c1-2-3-4-5-6-16(17,25-24-23-20)15(19)22-12-9-7-10-11(8-9)14(18)21-13(10)12/h9-13,20H,2-8H2,1H3/p-1. The van der Waals surface area contributed by atoms with Crippen molar-refractivity contribution in [3.05, 3.63) is 0 Å². The third kappa shape index (κ3) is 3.65. The summed E-state index contributed by atoms with van der Waals surface area (Å²) < 4.78 is 29.8. The Morgan fingerprint density at radius 3 is 2.92 bits per heavy atom. The van der Waals surface area contributed by atoms with Gasteiger partial charge in [-0.25, -0.2) is 9.18 Å². The number of hydrogen-bond acceptors (Lipinski definition) is 8. The number of unbranched alkanes of at least 4 members (excludes halogenated alkanes) is 3. The molecule has 3 fully saturated rings. The number of alkyl halides is 1. The first-order valence-electron chi connectivity index (χ1n) is 8.75. The number of hydrogen-bond donors (Lipinski definition) is 0. The number of fused-ring (bicyclic) bond motifs is 1. The third-order valence-corrected chi connectivity index (χ3v) is 6.27. The first-order valence-corrected chi connectivity index (χ1v) is 9.49. The van der Waals surface area contributed by atoms with E-state index in [0.29, 0.717) is 12.8 Å². The molecule has 1 heterocycles. The number of halogens is 1. The highest BCUT2D eigenvalue weighted by Gasteiger charge is 2.64. The van der Waals surface area contributed by atoms with Crippen molar-refractivity contribution in [2.24, 2.45) is 17.8 Å². The fraction of sp³-hybridized carbons (Fsp3) is 0.875. The lowest BCUT2D eigenvalue weighted by molar-refractivity contribution is -0.777. The van der Waals surface area contributed by atoms with Gasteiger partial charge in [-0.2, -0.15) is 4.33 Å². The molecule has 2 saturated carbocycles.